The fourth-order valence-electron chi connectivity index (χ4n) is 0.662. The summed E-state index contributed by atoms with van der Waals surface area (Å²) in [7, 11) is 0. The predicted molar refractivity (Wildman–Crippen MR) is 36.5 cm³/mol. The fourth-order valence-corrected chi connectivity index (χ4v) is 0.860. The minimum Gasteiger partial charge on any atom is -0.266 e. The van der Waals surface area contributed by atoms with Gasteiger partial charge in [-0.1, -0.05) is 24.6 Å². The van der Waals surface area contributed by atoms with E-state index in [2.05, 4.69) is 11.9 Å². The summed E-state index contributed by atoms with van der Waals surface area (Å²) < 4.78 is 0. The normalized spacial score (nSPS) is 26.2. The molecule has 2 heteroatoms. The predicted octanol–water partition coefficient (Wildman–Crippen LogP) is 1.97. The molecule has 1 rings (SSSR count). The van der Waals surface area contributed by atoms with Gasteiger partial charge in [0.25, 0.3) is 0 Å². The van der Waals surface area contributed by atoms with Gasteiger partial charge in [-0.05, 0) is 12.5 Å². The molecule has 0 amide bonds. The molecule has 8 heavy (non-hydrogen) atoms. The van der Waals surface area contributed by atoms with Crippen LogP contribution in [-0.2, 0) is 0 Å². The average Bonchev–Trinajstić information content (AvgIpc) is 2.14. The van der Waals surface area contributed by atoms with Crippen LogP contribution in [0.15, 0.2) is 17.1 Å². The van der Waals surface area contributed by atoms with Crippen molar-refractivity contribution in [2.24, 2.45) is 4.99 Å². The second-order valence-corrected chi connectivity index (χ2v) is 2.17. The highest BCUT2D eigenvalue weighted by molar-refractivity contribution is 6.68. The monoisotopic (exact) mass is 129 g/mol. The molecule has 44 valence electrons. The lowest BCUT2D eigenvalue weighted by atomic mass is 10.2. The van der Waals surface area contributed by atoms with Crippen molar-refractivity contribution in [2.45, 2.75) is 19.4 Å². The Morgan fingerprint density at radius 2 is 2.62 bits per heavy atom. The Hall–Kier alpha value is -0.300. The number of hydrogen-bond donors (Lipinski definition) is 0. The van der Waals surface area contributed by atoms with E-state index in [1.54, 1.807) is 0 Å². The highest BCUT2D eigenvalue weighted by Gasteiger charge is 2.04. The second-order valence-electron chi connectivity index (χ2n) is 1.79. The van der Waals surface area contributed by atoms with E-state index in [0.717, 1.165) is 6.42 Å². The van der Waals surface area contributed by atoms with Crippen molar-refractivity contribution in [3.8, 4) is 0 Å². The minimum absolute atomic E-state index is 0.350. The zero-order valence-electron chi connectivity index (χ0n) is 4.76. The maximum absolute atomic E-state index is 5.55. The van der Waals surface area contributed by atoms with Gasteiger partial charge >= 0.3 is 0 Å². The number of allylic oxidation sites excluding steroid dienone is 1. The summed E-state index contributed by atoms with van der Waals surface area (Å²) in [6.07, 6.45) is 4.91. The van der Waals surface area contributed by atoms with Crippen LogP contribution in [0.3, 0.4) is 0 Å². The molecule has 0 spiro atoms. The third-order valence-corrected chi connectivity index (χ3v) is 1.39. The van der Waals surface area contributed by atoms with Gasteiger partial charge in [-0.2, -0.15) is 0 Å². The molecule has 1 aliphatic rings. The van der Waals surface area contributed by atoms with Gasteiger partial charge in [0.1, 0.15) is 5.17 Å². The average molecular weight is 130 g/mol. The molecule has 0 aromatic rings. The summed E-state index contributed by atoms with van der Waals surface area (Å²) in [5.74, 6) is 0. The van der Waals surface area contributed by atoms with Gasteiger partial charge in [0.2, 0.25) is 0 Å². The molecule has 1 nitrogen and oxygen atoms in total. The Morgan fingerprint density at radius 1 is 1.88 bits per heavy atom. The van der Waals surface area contributed by atoms with E-state index in [0.29, 0.717) is 11.2 Å². The van der Waals surface area contributed by atoms with Crippen molar-refractivity contribution in [1.82, 2.24) is 0 Å². The van der Waals surface area contributed by atoms with Crippen LogP contribution >= 0.6 is 11.6 Å². The first-order valence-electron chi connectivity index (χ1n) is 2.74. The van der Waals surface area contributed by atoms with Gasteiger partial charge in [0.15, 0.2) is 0 Å². The third kappa shape index (κ3) is 1.10. The molecule has 0 aliphatic carbocycles. The SMILES string of the molecule is CCC1C=CC(Cl)=N1. The van der Waals surface area contributed by atoms with E-state index >= 15 is 0 Å². The largest absolute Gasteiger partial charge is 0.266 e. The van der Waals surface area contributed by atoms with Crippen LogP contribution in [0.4, 0.5) is 0 Å². The highest BCUT2D eigenvalue weighted by Crippen LogP contribution is 2.08. The summed E-state index contributed by atoms with van der Waals surface area (Å²) >= 11 is 5.55. The van der Waals surface area contributed by atoms with Crippen molar-refractivity contribution < 1.29 is 0 Å². The quantitative estimate of drug-likeness (QED) is 0.514. The number of aliphatic imine (C=N–C) groups is 1. The lowest BCUT2D eigenvalue weighted by Gasteiger charge is -1.94. The Balaban J connectivity index is 2.55. The molecule has 1 heterocycles. The molecular weight excluding hydrogens is 122 g/mol. The summed E-state index contributed by atoms with van der Waals surface area (Å²) in [5.41, 5.74) is 0. The van der Waals surface area contributed by atoms with Crippen molar-refractivity contribution >= 4 is 16.8 Å². The zero-order chi connectivity index (χ0) is 5.98. The standard InChI is InChI=1S/C6H8ClN/c1-2-5-3-4-6(7)8-5/h3-5H,2H2,1H3. The van der Waals surface area contributed by atoms with Crippen molar-refractivity contribution in [2.75, 3.05) is 0 Å². The Labute approximate surface area is 54.1 Å². The summed E-state index contributed by atoms with van der Waals surface area (Å²) in [6.45, 7) is 2.09. The van der Waals surface area contributed by atoms with E-state index in [-0.39, 0.29) is 0 Å². The molecule has 0 saturated carbocycles. The first kappa shape index (κ1) is 5.83. The number of rotatable bonds is 1. The number of nitrogens with zero attached hydrogens (tertiary/aromatic N) is 1. The van der Waals surface area contributed by atoms with Gasteiger partial charge in [-0.15, -0.1) is 0 Å². The maximum atomic E-state index is 5.55. The van der Waals surface area contributed by atoms with Gasteiger partial charge in [0.05, 0.1) is 6.04 Å². The van der Waals surface area contributed by atoms with Crippen LogP contribution in [0.25, 0.3) is 0 Å². The number of halogens is 1. The van der Waals surface area contributed by atoms with Gasteiger partial charge in [0, 0.05) is 0 Å². The van der Waals surface area contributed by atoms with E-state index in [9.17, 15) is 0 Å². The molecule has 0 saturated heterocycles. The first-order valence-corrected chi connectivity index (χ1v) is 3.12. The Bertz CT molecular complexity index is 137. The van der Waals surface area contributed by atoms with E-state index in [1.807, 2.05) is 12.2 Å². The fraction of sp³-hybridized carbons (Fsp3) is 0.500. The lowest BCUT2D eigenvalue weighted by Crippen LogP contribution is -1.91. The van der Waals surface area contributed by atoms with Crippen LogP contribution in [-0.4, -0.2) is 11.2 Å². The molecule has 0 radical (unpaired) electrons. The molecule has 0 bridgehead atoms. The molecule has 1 aliphatic heterocycles. The zero-order valence-corrected chi connectivity index (χ0v) is 5.52. The molecular formula is C6H8ClN. The molecule has 0 aromatic carbocycles. The third-order valence-electron chi connectivity index (χ3n) is 1.16. The molecule has 0 aromatic heterocycles. The number of hydrogen-bond acceptors (Lipinski definition) is 1. The van der Waals surface area contributed by atoms with Gasteiger partial charge in [-0.25, -0.2) is 0 Å². The molecule has 1 atom stereocenters. The van der Waals surface area contributed by atoms with Crippen molar-refractivity contribution in [3.63, 3.8) is 0 Å². The van der Waals surface area contributed by atoms with E-state index in [1.165, 1.54) is 0 Å². The van der Waals surface area contributed by atoms with Gasteiger partial charge in [-0.3, -0.25) is 4.99 Å². The lowest BCUT2D eigenvalue weighted by molar-refractivity contribution is 0.798. The van der Waals surface area contributed by atoms with Crippen LogP contribution in [0.1, 0.15) is 13.3 Å². The smallest absolute Gasteiger partial charge is 0.123 e. The summed E-state index contributed by atoms with van der Waals surface area (Å²) in [4.78, 5) is 4.08. The van der Waals surface area contributed by atoms with E-state index in [4.69, 9.17) is 11.6 Å². The minimum atomic E-state index is 0.350. The Morgan fingerprint density at radius 3 is 2.88 bits per heavy atom. The maximum Gasteiger partial charge on any atom is 0.123 e. The van der Waals surface area contributed by atoms with Gasteiger partial charge < -0.3 is 0 Å². The van der Waals surface area contributed by atoms with E-state index < -0.39 is 0 Å². The highest BCUT2D eigenvalue weighted by atomic mass is 35.5. The van der Waals surface area contributed by atoms with Crippen LogP contribution in [0.5, 0.6) is 0 Å². The Kier molecular flexibility index (Phi) is 1.69. The summed E-state index contributed by atoms with van der Waals surface area (Å²) in [6, 6.07) is 0.350. The van der Waals surface area contributed by atoms with Crippen LogP contribution in [0.2, 0.25) is 0 Å². The first-order chi connectivity index (χ1) is 3.83. The van der Waals surface area contributed by atoms with Crippen LogP contribution in [0, 0.1) is 0 Å². The van der Waals surface area contributed by atoms with Crippen molar-refractivity contribution in [3.05, 3.63) is 12.2 Å². The van der Waals surface area contributed by atoms with Crippen LogP contribution < -0.4 is 0 Å². The topological polar surface area (TPSA) is 12.4 Å². The summed E-state index contributed by atoms with van der Waals surface area (Å²) in [5, 5.41) is 0.636. The second kappa shape index (κ2) is 2.31. The molecule has 1 unspecified atom stereocenters. The molecule has 0 fully saturated rings. The molecule has 0 N–H and O–H groups in total. The van der Waals surface area contributed by atoms with Crippen molar-refractivity contribution in [1.29, 1.82) is 0 Å².